The number of esters is 1. The third kappa shape index (κ3) is 10.2. The Labute approximate surface area is 267 Å². The monoisotopic (exact) mass is 635 g/mol. The lowest BCUT2D eigenvalue weighted by atomic mass is 9.98. The Balaban J connectivity index is 1.85. The molecule has 0 saturated carbocycles. The van der Waals surface area contributed by atoms with Crippen molar-refractivity contribution in [2.24, 2.45) is 0 Å². The van der Waals surface area contributed by atoms with E-state index >= 15 is 0 Å². The van der Waals surface area contributed by atoms with Crippen molar-refractivity contribution in [3.8, 4) is 17.6 Å². The minimum Gasteiger partial charge on any atom is -0.497 e. The highest BCUT2D eigenvalue weighted by molar-refractivity contribution is 6.74. The lowest BCUT2D eigenvalue weighted by Gasteiger charge is -2.41. The molecule has 9 heteroatoms. The molecule has 0 aliphatic rings. The molecule has 0 fully saturated rings. The Morgan fingerprint density at radius 2 is 1.57 bits per heavy atom. The van der Waals surface area contributed by atoms with E-state index < -0.39 is 32.5 Å². The van der Waals surface area contributed by atoms with Crippen molar-refractivity contribution < 1.29 is 28.2 Å². The topological polar surface area (TPSA) is 83.1 Å². The fourth-order valence-electron chi connectivity index (χ4n) is 4.09. The molecule has 44 heavy (non-hydrogen) atoms. The summed E-state index contributed by atoms with van der Waals surface area (Å²) in [6, 6.07) is 21.4. The summed E-state index contributed by atoms with van der Waals surface area (Å²) in [5.41, 5.74) is 2.98. The molecule has 1 amide bonds. The summed E-state index contributed by atoms with van der Waals surface area (Å²) in [4.78, 5) is 24.9. The van der Waals surface area contributed by atoms with Crippen molar-refractivity contribution in [3.05, 3.63) is 100 Å². The van der Waals surface area contributed by atoms with E-state index in [0.29, 0.717) is 23.4 Å². The number of amides is 1. The molecule has 3 aromatic carbocycles. The standard InChI is InChI=1S/C35H42ClNO6Si/c1-35(2,3)44(6,7)43-32(27-18-20-29(36)21-19-27)31(37-34(39)42-24-26-14-22-30(40-4)23-15-26)11-9-8-10-25-12-16-28(17-13-25)33(38)41-5/h12-23,31-32H,9,11,24H2,1-7H3,(H,37,39)/t31-,32?/m1/s1. The highest BCUT2D eigenvalue weighted by atomic mass is 35.5. The number of carbonyl (C=O) groups excluding carboxylic acids is 2. The molecule has 0 aliphatic carbocycles. The van der Waals surface area contributed by atoms with Gasteiger partial charge in [-0.25, -0.2) is 9.59 Å². The first-order chi connectivity index (χ1) is 20.8. The zero-order valence-corrected chi connectivity index (χ0v) is 28.3. The zero-order chi connectivity index (χ0) is 32.3. The third-order valence-corrected chi connectivity index (χ3v) is 12.5. The van der Waals surface area contributed by atoms with Crippen LogP contribution in [0.3, 0.4) is 0 Å². The number of carbonyl (C=O) groups is 2. The van der Waals surface area contributed by atoms with Crippen LogP contribution in [0.1, 0.15) is 66.8 Å². The lowest BCUT2D eigenvalue weighted by molar-refractivity contribution is 0.0600. The molecule has 0 bridgehead atoms. The Hall–Kier alpha value is -3.77. The summed E-state index contributed by atoms with van der Waals surface area (Å²) >= 11 is 6.23. The molecule has 1 unspecified atom stereocenters. The second kappa shape index (κ2) is 15.8. The first-order valence-corrected chi connectivity index (χ1v) is 17.8. The average Bonchev–Trinajstić information content (AvgIpc) is 3.00. The van der Waals surface area contributed by atoms with Gasteiger partial charge in [0.05, 0.1) is 31.9 Å². The van der Waals surface area contributed by atoms with Crippen LogP contribution in [0.25, 0.3) is 0 Å². The van der Waals surface area contributed by atoms with Crippen LogP contribution < -0.4 is 10.1 Å². The summed E-state index contributed by atoms with van der Waals surface area (Å²) in [7, 11) is 0.666. The fourth-order valence-corrected chi connectivity index (χ4v) is 5.51. The average molecular weight is 636 g/mol. The molecule has 7 nitrogen and oxygen atoms in total. The van der Waals surface area contributed by atoms with Gasteiger partial charge in [-0.1, -0.05) is 68.5 Å². The van der Waals surface area contributed by atoms with Gasteiger partial charge in [0.15, 0.2) is 8.32 Å². The van der Waals surface area contributed by atoms with Gasteiger partial charge < -0.3 is 24.0 Å². The minimum atomic E-state index is -2.29. The second-order valence-electron chi connectivity index (χ2n) is 11.9. The Kier molecular flexibility index (Phi) is 12.5. The minimum absolute atomic E-state index is 0.0622. The summed E-state index contributed by atoms with van der Waals surface area (Å²) in [6.45, 7) is 11.0. The van der Waals surface area contributed by atoms with E-state index in [9.17, 15) is 9.59 Å². The number of hydrogen-bond acceptors (Lipinski definition) is 6. The molecular formula is C35H42ClNO6Si. The van der Waals surface area contributed by atoms with Crippen LogP contribution in [0.4, 0.5) is 4.79 Å². The number of ether oxygens (including phenoxy) is 3. The molecule has 0 aliphatic heterocycles. The van der Waals surface area contributed by atoms with Gasteiger partial charge in [-0.15, -0.1) is 0 Å². The maximum atomic E-state index is 13.2. The van der Waals surface area contributed by atoms with Gasteiger partial charge in [0.2, 0.25) is 0 Å². The van der Waals surface area contributed by atoms with Crippen LogP contribution >= 0.6 is 11.6 Å². The van der Waals surface area contributed by atoms with Crippen LogP contribution in [0.5, 0.6) is 5.75 Å². The van der Waals surface area contributed by atoms with Crippen LogP contribution in [0.15, 0.2) is 72.8 Å². The molecule has 3 rings (SSSR count). The van der Waals surface area contributed by atoms with Gasteiger partial charge in [0.1, 0.15) is 12.4 Å². The Morgan fingerprint density at radius 3 is 2.14 bits per heavy atom. The number of hydrogen-bond donors (Lipinski definition) is 1. The van der Waals surface area contributed by atoms with E-state index in [4.69, 9.17) is 30.2 Å². The highest BCUT2D eigenvalue weighted by Gasteiger charge is 2.41. The van der Waals surface area contributed by atoms with Gasteiger partial charge in [-0.05, 0) is 84.2 Å². The van der Waals surface area contributed by atoms with E-state index in [1.54, 1.807) is 31.4 Å². The molecule has 234 valence electrons. The molecule has 2 atom stereocenters. The molecule has 3 aromatic rings. The molecule has 0 spiro atoms. The molecule has 1 N–H and O–H groups in total. The van der Waals surface area contributed by atoms with Crippen molar-refractivity contribution in [3.63, 3.8) is 0 Å². The largest absolute Gasteiger partial charge is 0.497 e. The van der Waals surface area contributed by atoms with E-state index in [1.807, 2.05) is 48.5 Å². The maximum Gasteiger partial charge on any atom is 0.407 e. The summed E-state index contributed by atoms with van der Waals surface area (Å²) < 4.78 is 22.6. The first-order valence-electron chi connectivity index (χ1n) is 14.5. The summed E-state index contributed by atoms with van der Waals surface area (Å²) in [6.07, 6.45) is -0.0160. The first kappa shape index (κ1) is 34.7. The van der Waals surface area contributed by atoms with Crippen LogP contribution in [-0.2, 0) is 20.5 Å². The lowest BCUT2D eigenvalue weighted by Crippen LogP contribution is -2.48. The zero-order valence-electron chi connectivity index (χ0n) is 26.5. The predicted molar refractivity (Wildman–Crippen MR) is 176 cm³/mol. The predicted octanol–water partition coefficient (Wildman–Crippen LogP) is 8.33. The van der Waals surface area contributed by atoms with E-state index in [-0.39, 0.29) is 11.6 Å². The third-order valence-electron chi connectivity index (χ3n) is 7.74. The van der Waals surface area contributed by atoms with Gasteiger partial charge in [0, 0.05) is 17.0 Å². The van der Waals surface area contributed by atoms with Gasteiger partial charge in [-0.2, -0.15) is 0 Å². The van der Waals surface area contributed by atoms with Crippen molar-refractivity contribution in [2.75, 3.05) is 14.2 Å². The van der Waals surface area contributed by atoms with E-state index in [1.165, 1.54) is 7.11 Å². The maximum absolute atomic E-state index is 13.2. The Bertz CT molecular complexity index is 1440. The fraction of sp³-hybridized carbons (Fsp3) is 0.371. The summed E-state index contributed by atoms with van der Waals surface area (Å²) in [5.74, 6) is 6.69. The molecule has 0 aromatic heterocycles. The van der Waals surface area contributed by atoms with E-state index in [0.717, 1.165) is 22.4 Å². The number of rotatable bonds is 11. The van der Waals surface area contributed by atoms with Crippen LogP contribution in [0, 0.1) is 11.8 Å². The van der Waals surface area contributed by atoms with Crippen molar-refractivity contribution >= 4 is 32.0 Å². The number of alkyl carbamates (subject to hydrolysis) is 1. The SMILES string of the molecule is COC(=O)c1ccc(C#CCC[C@@H](NC(=O)OCc2ccc(OC)cc2)C(O[Si](C)(C)C(C)(C)C)c2ccc(Cl)cc2)cc1. The number of nitrogens with one attached hydrogen (secondary N) is 1. The number of halogens is 1. The number of benzene rings is 3. The van der Waals surface area contributed by atoms with Gasteiger partial charge in [0.25, 0.3) is 0 Å². The van der Waals surface area contributed by atoms with E-state index in [2.05, 4.69) is 51.0 Å². The van der Waals surface area contributed by atoms with Crippen molar-refractivity contribution in [2.45, 2.75) is 70.5 Å². The molecule has 0 heterocycles. The van der Waals surface area contributed by atoms with Crippen LogP contribution in [0.2, 0.25) is 23.2 Å². The molecule has 0 saturated heterocycles. The molecule has 0 radical (unpaired) electrons. The van der Waals surface area contributed by atoms with Gasteiger partial charge >= 0.3 is 12.1 Å². The van der Waals surface area contributed by atoms with Crippen molar-refractivity contribution in [1.82, 2.24) is 5.32 Å². The second-order valence-corrected chi connectivity index (χ2v) is 17.1. The smallest absolute Gasteiger partial charge is 0.407 e. The van der Waals surface area contributed by atoms with Crippen LogP contribution in [-0.4, -0.2) is 40.6 Å². The van der Waals surface area contributed by atoms with Crippen molar-refractivity contribution in [1.29, 1.82) is 0 Å². The molecular weight excluding hydrogens is 594 g/mol. The number of methoxy groups -OCH3 is 2. The van der Waals surface area contributed by atoms with Gasteiger partial charge in [-0.3, -0.25) is 0 Å². The quantitative estimate of drug-likeness (QED) is 0.130. The normalized spacial score (nSPS) is 12.7. The highest BCUT2D eigenvalue weighted by Crippen LogP contribution is 2.41. The summed E-state index contributed by atoms with van der Waals surface area (Å²) in [5, 5.41) is 3.64. The Morgan fingerprint density at radius 1 is 0.932 bits per heavy atom.